The van der Waals surface area contributed by atoms with Crippen LogP contribution < -0.4 is 15.0 Å². The first-order chi connectivity index (χ1) is 13.0. The molecule has 0 saturated heterocycles. The Morgan fingerprint density at radius 3 is 2.56 bits per heavy atom. The second kappa shape index (κ2) is 9.88. The van der Waals surface area contributed by atoms with E-state index in [1.54, 1.807) is 23.1 Å². The molecule has 2 aromatic carbocycles. The molecule has 2 rings (SSSR count). The minimum absolute atomic E-state index is 0.123. The maximum Gasteiger partial charge on any atom is 0.419 e. The lowest BCUT2D eigenvalue weighted by atomic mass is 10.2. The number of hydrogen-bond donors (Lipinski definition) is 1. The highest BCUT2D eigenvalue weighted by atomic mass is 16.6. The van der Waals surface area contributed by atoms with Crippen molar-refractivity contribution in [1.29, 1.82) is 0 Å². The zero-order valence-corrected chi connectivity index (χ0v) is 15.3. The number of hydrogen-bond acceptors (Lipinski definition) is 4. The van der Waals surface area contributed by atoms with E-state index in [1.807, 2.05) is 44.2 Å². The van der Waals surface area contributed by atoms with Gasteiger partial charge in [-0.3, -0.25) is 10.2 Å². The van der Waals surface area contributed by atoms with Crippen molar-refractivity contribution in [3.05, 3.63) is 54.6 Å². The van der Waals surface area contributed by atoms with Crippen LogP contribution in [-0.2, 0) is 4.74 Å². The highest BCUT2D eigenvalue weighted by molar-refractivity contribution is 5.89. The van der Waals surface area contributed by atoms with Gasteiger partial charge in [0.1, 0.15) is 5.75 Å². The summed E-state index contributed by atoms with van der Waals surface area (Å²) in [5.74, 6) is 2.77. The number of amides is 2. The number of carbonyl (C=O) groups is 2. The number of para-hydroxylation sites is 1. The molecule has 2 amide bonds. The fraction of sp³-hybridized carbons (Fsp3) is 0.238. The lowest BCUT2D eigenvalue weighted by Crippen LogP contribution is -2.36. The van der Waals surface area contributed by atoms with Gasteiger partial charge in [0.15, 0.2) is 6.61 Å². The van der Waals surface area contributed by atoms with E-state index < -0.39 is 12.2 Å². The zero-order valence-electron chi connectivity index (χ0n) is 15.3. The van der Waals surface area contributed by atoms with Gasteiger partial charge in [-0.1, -0.05) is 44.0 Å². The number of nitrogens with one attached hydrogen (secondary N) is 1. The molecule has 0 unspecified atom stereocenters. The Morgan fingerprint density at radius 2 is 1.89 bits per heavy atom. The predicted octanol–water partition coefficient (Wildman–Crippen LogP) is 4.53. The van der Waals surface area contributed by atoms with Crippen molar-refractivity contribution in [1.82, 2.24) is 0 Å². The summed E-state index contributed by atoms with van der Waals surface area (Å²) in [5, 5.41) is 2.52. The van der Waals surface area contributed by atoms with Crippen molar-refractivity contribution < 1.29 is 19.1 Å². The summed E-state index contributed by atoms with van der Waals surface area (Å²) in [5.41, 5.74) is 1.18. The van der Waals surface area contributed by atoms with E-state index in [0.717, 1.165) is 5.69 Å². The number of benzene rings is 2. The molecule has 0 fully saturated rings. The molecule has 140 valence electrons. The highest BCUT2D eigenvalue weighted by Gasteiger charge is 2.19. The second-order valence-corrected chi connectivity index (χ2v) is 6.14. The number of terminal acetylenes is 1. The molecule has 0 atom stereocenters. The second-order valence-electron chi connectivity index (χ2n) is 6.14. The van der Waals surface area contributed by atoms with Gasteiger partial charge in [-0.2, -0.15) is 0 Å². The van der Waals surface area contributed by atoms with E-state index in [-0.39, 0.29) is 12.5 Å². The Hall–Kier alpha value is -3.46. The number of carbonyl (C=O) groups excluding carboxylic acids is 2. The normalized spacial score (nSPS) is 10.0. The molecule has 6 nitrogen and oxygen atoms in total. The first-order valence-corrected chi connectivity index (χ1v) is 8.51. The van der Waals surface area contributed by atoms with Crippen LogP contribution >= 0.6 is 0 Å². The van der Waals surface area contributed by atoms with Crippen molar-refractivity contribution >= 4 is 23.6 Å². The number of anilines is 2. The Labute approximate surface area is 159 Å². The molecule has 0 radical (unpaired) electrons. The van der Waals surface area contributed by atoms with E-state index in [1.165, 1.54) is 6.07 Å². The van der Waals surface area contributed by atoms with Gasteiger partial charge in [-0.05, 0) is 30.2 Å². The van der Waals surface area contributed by atoms with Crippen LogP contribution in [0.15, 0.2) is 54.6 Å². The molecule has 0 aliphatic rings. The summed E-state index contributed by atoms with van der Waals surface area (Å²) in [7, 11) is 0. The Balaban J connectivity index is 2.10. The molecule has 27 heavy (non-hydrogen) atoms. The molecule has 0 aliphatic heterocycles. The molecule has 0 bridgehead atoms. The van der Waals surface area contributed by atoms with E-state index in [0.29, 0.717) is 18.0 Å². The molecule has 0 saturated carbocycles. The van der Waals surface area contributed by atoms with Crippen LogP contribution in [0.25, 0.3) is 0 Å². The van der Waals surface area contributed by atoms with Crippen molar-refractivity contribution in [3.63, 3.8) is 0 Å². The molecule has 2 aromatic rings. The first-order valence-electron chi connectivity index (χ1n) is 8.51. The first kappa shape index (κ1) is 19.9. The van der Waals surface area contributed by atoms with Crippen molar-refractivity contribution in [3.8, 4) is 18.1 Å². The Morgan fingerprint density at radius 1 is 1.15 bits per heavy atom. The van der Waals surface area contributed by atoms with E-state index in [9.17, 15) is 9.59 Å². The van der Waals surface area contributed by atoms with Crippen molar-refractivity contribution in [2.75, 3.05) is 23.4 Å². The lowest BCUT2D eigenvalue weighted by Gasteiger charge is -2.24. The van der Waals surface area contributed by atoms with Gasteiger partial charge >= 0.3 is 12.2 Å². The van der Waals surface area contributed by atoms with Crippen LogP contribution in [-0.4, -0.2) is 25.3 Å². The van der Waals surface area contributed by atoms with E-state index in [4.69, 9.17) is 15.9 Å². The van der Waals surface area contributed by atoms with Gasteiger partial charge in [0.05, 0.1) is 0 Å². The molecule has 6 heteroatoms. The summed E-state index contributed by atoms with van der Waals surface area (Å²) in [6.45, 7) is 4.44. The summed E-state index contributed by atoms with van der Waals surface area (Å²) in [6, 6.07) is 15.8. The van der Waals surface area contributed by atoms with Crippen molar-refractivity contribution in [2.45, 2.75) is 13.8 Å². The molecular weight excluding hydrogens is 344 g/mol. The van der Waals surface area contributed by atoms with Crippen LogP contribution in [0, 0.1) is 18.3 Å². The van der Waals surface area contributed by atoms with Gasteiger partial charge < -0.3 is 9.47 Å². The van der Waals surface area contributed by atoms with Gasteiger partial charge in [0, 0.05) is 24.0 Å². The Bertz CT molecular complexity index is 812. The maximum atomic E-state index is 12.7. The Kier molecular flexibility index (Phi) is 7.26. The maximum absolute atomic E-state index is 12.7. The van der Waals surface area contributed by atoms with E-state index in [2.05, 4.69) is 11.2 Å². The zero-order chi connectivity index (χ0) is 19.6. The fourth-order valence-corrected chi connectivity index (χ4v) is 2.31. The molecule has 0 spiro atoms. The fourth-order valence-electron chi connectivity index (χ4n) is 2.31. The summed E-state index contributed by atoms with van der Waals surface area (Å²) >= 11 is 0. The van der Waals surface area contributed by atoms with E-state index >= 15 is 0 Å². The largest absolute Gasteiger partial charge is 0.436 e. The van der Waals surface area contributed by atoms with Gasteiger partial charge in [0.2, 0.25) is 0 Å². The third-order valence-corrected chi connectivity index (χ3v) is 3.41. The van der Waals surface area contributed by atoms with Crippen molar-refractivity contribution in [2.24, 2.45) is 5.92 Å². The molecule has 0 heterocycles. The minimum atomic E-state index is -0.679. The minimum Gasteiger partial charge on any atom is -0.436 e. The smallest absolute Gasteiger partial charge is 0.419 e. The molecular formula is C21H22N2O4. The number of rotatable bonds is 6. The average Bonchev–Trinajstić information content (AvgIpc) is 2.65. The molecule has 1 N–H and O–H groups in total. The van der Waals surface area contributed by atoms with Gasteiger partial charge in [-0.25, -0.2) is 9.59 Å². The highest BCUT2D eigenvalue weighted by Crippen LogP contribution is 2.21. The van der Waals surface area contributed by atoms with Gasteiger partial charge in [-0.15, -0.1) is 6.42 Å². The number of nitrogens with zero attached hydrogens (tertiary/aromatic N) is 1. The predicted molar refractivity (Wildman–Crippen MR) is 105 cm³/mol. The lowest BCUT2D eigenvalue weighted by molar-refractivity contribution is 0.176. The summed E-state index contributed by atoms with van der Waals surface area (Å²) in [4.78, 5) is 25.8. The third-order valence-electron chi connectivity index (χ3n) is 3.41. The standard InChI is InChI=1S/C21H22N2O4/c1-4-13-26-20(24)22-17-9-8-12-19(14-17)27-21(25)23(15-16(2)3)18-10-6-5-7-11-18/h1,5-12,14,16H,13,15H2,2-3H3,(H,22,24). The van der Waals surface area contributed by atoms with Crippen LogP contribution in [0.2, 0.25) is 0 Å². The third kappa shape index (κ3) is 6.40. The SMILES string of the molecule is C#CCOC(=O)Nc1cccc(OC(=O)N(CC(C)C)c2ccccc2)c1. The average molecular weight is 366 g/mol. The van der Waals surface area contributed by atoms with Crippen LogP contribution in [0.3, 0.4) is 0 Å². The topological polar surface area (TPSA) is 67.9 Å². The molecule has 0 aromatic heterocycles. The summed E-state index contributed by atoms with van der Waals surface area (Å²) in [6.07, 6.45) is 3.87. The monoisotopic (exact) mass is 366 g/mol. The summed E-state index contributed by atoms with van der Waals surface area (Å²) < 4.78 is 10.3. The molecule has 0 aliphatic carbocycles. The quantitative estimate of drug-likeness (QED) is 0.763. The number of ether oxygens (including phenoxy) is 2. The van der Waals surface area contributed by atoms with Gasteiger partial charge in [0.25, 0.3) is 0 Å². The van der Waals surface area contributed by atoms with Crippen LogP contribution in [0.1, 0.15) is 13.8 Å². The van der Waals surface area contributed by atoms with Crippen LogP contribution in [0.5, 0.6) is 5.75 Å². The van der Waals surface area contributed by atoms with Crippen LogP contribution in [0.4, 0.5) is 21.0 Å².